The Balaban J connectivity index is 2.65. The Kier molecular flexibility index (Phi) is 4.78. The summed E-state index contributed by atoms with van der Waals surface area (Å²) in [4.78, 5) is 0. The van der Waals surface area contributed by atoms with Crippen LogP contribution in [-0.2, 0) is 10.0 Å². The highest BCUT2D eigenvalue weighted by Gasteiger charge is 2.31. The van der Waals surface area contributed by atoms with Gasteiger partial charge in [-0.2, -0.15) is 0 Å². The van der Waals surface area contributed by atoms with E-state index < -0.39 is 10.0 Å². The fourth-order valence-corrected chi connectivity index (χ4v) is 3.90. The van der Waals surface area contributed by atoms with Gasteiger partial charge in [-0.3, -0.25) is 0 Å². The molecule has 0 saturated carbocycles. The number of nitrogens with zero attached hydrogens (tertiary/aromatic N) is 2. The molecule has 106 valence electrons. The molecule has 6 heteroatoms. The number of hydrogen-bond donors (Lipinski definition) is 1. The molecule has 1 saturated heterocycles. The summed E-state index contributed by atoms with van der Waals surface area (Å²) in [6.07, 6.45) is 1.17. The molecular formula is C12H24N2O3S. The van der Waals surface area contributed by atoms with Crippen molar-refractivity contribution in [2.75, 3.05) is 18.8 Å². The first kappa shape index (κ1) is 15.4. The molecule has 1 aliphatic heterocycles. The smallest absolute Gasteiger partial charge is 0.214 e. The fourth-order valence-electron chi connectivity index (χ4n) is 1.95. The minimum absolute atomic E-state index is 0.00633. The first-order chi connectivity index (χ1) is 8.15. The lowest BCUT2D eigenvalue weighted by Gasteiger charge is -2.31. The number of piperidine rings is 1. The fraction of sp³-hybridized carbons (Fsp3) is 0.917. The van der Waals surface area contributed by atoms with Crippen molar-refractivity contribution in [1.29, 1.82) is 0 Å². The molecule has 0 spiro atoms. The lowest BCUT2D eigenvalue weighted by Crippen LogP contribution is -2.44. The van der Waals surface area contributed by atoms with Gasteiger partial charge in [0, 0.05) is 25.4 Å². The van der Waals surface area contributed by atoms with Crippen molar-refractivity contribution in [3.63, 3.8) is 0 Å². The van der Waals surface area contributed by atoms with Crippen LogP contribution in [0.1, 0.15) is 40.5 Å². The normalized spacial score (nSPS) is 25.6. The Bertz CT molecular complexity index is 410. The second-order valence-corrected chi connectivity index (χ2v) is 8.32. The molecule has 0 radical (unpaired) electrons. The van der Waals surface area contributed by atoms with E-state index in [9.17, 15) is 8.42 Å². The molecule has 18 heavy (non-hydrogen) atoms. The zero-order chi connectivity index (χ0) is 14.0. The van der Waals surface area contributed by atoms with Gasteiger partial charge >= 0.3 is 0 Å². The third-order valence-electron chi connectivity index (χ3n) is 3.30. The topological polar surface area (TPSA) is 70.0 Å². The van der Waals surface area contributed by atoms with E-state index >= 15 is 0 Å². The van der Waals surface area contributed by atoms with Crippen molar-refractivity contribution in [3.8, 4) is 0 Å². The molecule has 0 aliphatic carbocycles. The molecule has 1 rings (SSSR count). The van der Waals surface area contributed by atoms with Crippen LogP contribution in [0.4, 0.5) is 0 Å². The van der Waals surface area contributed by atoms with E-state index in [1.54, 1.807) is 0 Å². The predicted molar refractivity (Wildman–Crippen MR) is 72.4 cm³/mol. The lowest BCUT2D eigenvalue weighted by molar-refractivity contribution is 0.299. The van der Waals surface area contributed by atoms with Gasteiger partial charge in [0.1, 0.15) is 0 Å². The molecule has 1 N–H and O–H groups in total. The largest absolute Gasteiger partial charge is 0.411 e. The highest BCUT2D eigenvalue weighted by molar-refractivity contribution is 7.89. The second-order valence-electron chi connectivity index (χ2n) is 6.23. The first-order valence-corrected chi connectivity index (χ1v) is 7.95. The SMILES string of the molecule is CC1CN(S(=O)(=O)CCC(C)(C)C)CCC1=NO. The molecule has 1 unspecified atom stereocenters. The Hall–Kier alpha value is -0.620. The Morgan fingerprint density at radius 3 is 2.50 bits per heavy atom. The summed E-state index contributed by atoms with van der Waals surface area (Å²) in [5, 5.41) is 12.0. The van der Waals surface area contributed by atoms with Crippen LogP contribution in [0.25, 0.3) is 0 Å². The summed E-state index contributed by atoms with van der Waals surface area (Å²) in [5.41, 5.74) is 0.712. The van der Waals surface area contributed by atoms with Crippen LogP contribution in [0, 0.1) is 11.3 Å². The summed E-state index contributed by atoms with van der Waals surface area (Å²) in [6, 6.07) is 0. The van der Waals surface area contributed by atoms with E-state index in [1.807, 2.05) is 27.7 Å². The van der Waals surface area contributed by atoms with Gasteiger partial charge in [-0.25, -0.2) is 12.7 Å². The maximum atomic E-state index is 12.2. The van der Waals surface area contributed by atoms with Gasteiger partial charge in [-0.1, -0.05) is 32.9 Å². The maximum absolute atomic E-state index is 12.2. The minimum atomic E-state index is -3.18. The van der Waals surface area contributed by atoms with Crippen LogP contribution in [-0.4, -0.2) is 42.5 Å². The van der Waals surface area contributed by atoms with E-state index in [0.29, 0.717) is 31.6 Å². The Morgan fingerprint density at radius 1 is 1.44 bits per heavy atom. The number of rotatable bonds is 3. The van der Waals surface area contributed by atoms with E-state index in [4.69, 9.17) is 5.21 Å². The number of hydrogen-bond acceptors (Lipinski definition) is 4. The van der Waals surface area contributed by atoms with Crippen LogP contribution in [0.5, 0.6) is 0 Å². The maximum Gasteiger partial charge on any atom is 0.214 e. The van der Waals surface area contributed by atoms with E-state index in [1.165, 1.54) is 4.31 Å². The molecule has 1 aliphatic rings. The first-order valence-electron chi connectivity index (χ1n) is 6.34. The molecule has 1 fully saturated rings. The minimum Gasteiger partial charge on any atom is -0.411 e. The number of sulfonamides is 1. The van der Waals surface area contributed by atoms with E-state index in [2.05, 4.69) is 5.16 Å². The van der Waals surface area contributed by atoms with Crippen molar-refractivity contribution in [1.82, 2.24) is 4.31 Å². The van der Waals surface area contributed by atoms with Crippen molar-refractivity contribution in [2.45, 2.75) is 40.5 Å². The van der Waals surface area contributed by atoms with E-state index in [0.717, 1.165) is 0 Å². The highest BCUT2D eigenvalue weighted by Crippen LogP contribution is 2.23. The third kappa shape index (κ3) is 4.24. The van der Waals surface area contributed by atoms with Gasteiger partial charge < -0.3 is 5.21 Å². The van der Waals surface area contributed by atoms with Crippen molar-refractivity contribution >= 4 is 15.7 Å². The van der Waals surface area contributed by atoms with Gasteiger partial charge in [-0.05, 0) is 11.8 Å². The molecule has 0 aromatic carbocycles. The quantitative estimate of drug-likeness (QED) is 0.632. The predicted octanol–water partition coefficient (Wildman–Crippen LogP) is 1.92. The lowest BCUT2D eigenvalue weighted by atomic mass is 9.94. The average molecular weight is 276 g/mol. The van der Waals surface area contributed by atoms with Gasteiger partial charge in [0.05, 0.1) is 11.5 Å². The molecule has 1 atom stereocenters. The summed E-state index contributed by atoms with van der Waals surface area (Å²) in [5.74, 6) is 0.183. The highest BCUT2D eigenvalue weighted by atomic mass is 32.2. The van der Waals surface area contributed by atoms with Gasteiger partial charge in [0.2, 0.25) is 10.0 Å². The summed E-state index contributed by atoms with van der Waals surface area (Å²) < 4.78 is 25.9. The molecule has 1 heterocycles. The van der Waals surface area contributed by atoms with Crippen molar-refractivity contribution < 1.29 is 13.6 Å². The Morgan fingerprint density at radius 2 is 2.06 bits per heavy atom. The summed E-state index contributed by atoms with van der Waals surface area (Å²) in [6.45, 7) is 8.86. The van der Waals surface area contributed by atoms with Crippen LogP contribution < -0.4 is 0 Å². The van der Waals surface area contributed by atoms with Crippen LogP contribution >= 0.6 is 0 Å². The van der Waals surface area contributed by atoms with Gasteiger partial charge in [-0.15, -0.1) is 0 Å². The monoisotopic (exact) mass is 276 g/mol. The number of oxime groups is 1. The van der Waals surface area contributed by atoms with Crippen molar-refractivity contribution in [2.24, 2.45) is 16.5 Å². The zero-order valence-electron chi connectivity index (χ0n) is 11.7. The van der Waals surface area contributed by atoms with Gasteiger partial charge in [0.25, 0.3) is 0 Å². The van der Waals surface area contributed by atoms with E-state index in [-0.39, 0.29) is 17.1 Å². The van der Waals surface area contributed by atoms with Crippen LogP contribution in [0.3, 0.4) is 0 Å². The summed E-state index contributed by atoms with van der Waals surface area (Å²) in [7, 11) is -3.18. The molecule has 5 nitrogen and oxygen atoms in total. The van der Waals surface area contributed by atoms with Gasteiger partial charge in [0.15, 0.2) is 0 Å². The second kappa shape index (κ2) is 5.57. The Labute approximate surface area is 110 Å². The standard InChI is InChI=1S/C12H24N2O3S/c1-10-9-14(7-5-11(10)13-15)18(16,17)8-6-12(2,3)4/h10,15H,5-9H2,1-4H3. The van der Waals surface area contributed by atoms with Crippen LogP contribution in [0.2, 0.25) is 0 Å². The van der Waals surface area contributed by atoms with Crippen LogP contribution in [0.15, 0.2) is 5.16 Å². The molecule has 0 amide bonds. The molecule has 0 bridgehead atoms. The third-order valence-corrected chi connectivity index (χ3v) is 5.13. The summed E-state index contributed by atoms with van der Waals surface area (Å²) >= 11 is 0. The molecule has 0 aromatic heterocycles. The zero-order valence-corrected chi connectivity index (χ0v) is 12.5. The molecular weight excluding hydrogens is 252 g/mol. The van der Waals surface area contributed by atoms with Crippen molar-refractivity contribution in [3.05, 3.63) is 0 Å². The molecule has 0 aromatic rings. The average Bonchev–Trinajstić information content (AvgIpc) is 2.25.